The van der Waals surface area contributed by atoms with E-state index < -0.39 is 0 Å². The van der Waals surface area contributed by atoms with Gasteiger partial charge >= 0.3 is 0 Å². The standard InChI is InChI=1S/C17H16ClN5OS2/c18-14-5-4-13(26-14)12-10-25-17(21-12)22-15(24)11-3-1-8-23(9-11)16-19-6-2-7-20-16/h2,4-7,10-11H,1,3,8-9H2,(H,21,22,24). The van der Waals surface area contributed by atoms with Crippen molar-refractivity contribution in [3.8, 4) is 10.6 Å². The fourth-order valence-electron chi connectivity index (χ4n) is 2.93. The zero-order chi connectivity index (χ0) is 17.9. The van der Waals surface area contributed by atoms with Crippen molar-refractivity contribution in [2.24, 2.45) is 5.92 Å². The van der Waals surface area contributed by atoms with Crippen molar-refractivity contribution in [2.75, 3.05) is 23.3 Å². The van der Waals surface area contributed by atoms with Crippen molar-refractivity contribution in [3.63, 3.8) is 0 Å². The highest BCUT2D eigenvalue weighted by atomic mass is 35.5. The number of hydrogen-bond acceptors (Lipinski definition) is 7. The van der Waals surface area contributed by atoms with Crippen LogP contribution in [0, 0.1) is 5.92 Å². The summed E-state index contributed by atoms with van der Waals surface area (Å²) in [5.74, 6) is 0.572. The first kappa shape index (κ1) is 17.4. The average molecular weight is 406 g/mol. The van der Waals surface area contributed by atoms with Gasteiger partial charge < -0.3 is 10.2 Å². The fourth-order valence-corrected chi connectivity index (χ4v) is 4.72. The number of thiazole rings is 1. The predicted octanol–water partition coefficient (Wildman–Crippen LogP) is 4.17. The Morgan fingerprint density at radius 3 is 2.92 bits per heavy atom. The molecule has 4 rings (SSSR count). The van der Waals surface area contributed by atoms with Gasteiger partial charge in [-0.15, -0.1) is 22.7 Å². The molecule has 1 amide bonds. The SMILES string of the molecule is O=C(Nc1nc(-c2ccc(Cl)s2)cs1)C1CCCN(c2ncccn2)C1. The number of nitrogens with one attached hydrogen (secondary N) is 1. The summed E-state index contributed by atoms with van der Waals surface area (Å²) in [4.78, 5) is 28.8. The Balaban J connectivity index is 1.41. The van der Waals surface area contributed by atoms with E-state index in [2.05, 4.69) is 25.2 Å². The predicted molar refractivity (Wildman–Crippen MR) is 106 cm³/mol. The number of halogens is 1. The van der Waals surface area contributed by atoms with Crippen LogP contribution in [0.15, 0.2) is 36.0 Å². The van der Waals surface area contributed by atoms with E-state index in [9.17, 15) is 4.79 Å². The maximum Gasteiger partial charge on any atom is 0.231 e. The van der Waals surface area contributed by atoms with Crippen LogP contribution in [-0.2, 0) is 4.79 Å². The molecule has 9 heteroatoms. The number of anilines is 2. The quantitative estimate of drug-likeness (QED) is 0.705. The maximum atomic E-state index is 12.7. The van der Waals surface area contributed by atoms with E-state index in [-0.39, 0.29) is 11.8 Å². The normalized spacial score (nSPS) is 17.3. The molecule has 1 unspecified atom stereocenters. The van der Waals surface area contributed by atoms with Gasteiger partial charge in [0.15, 0.2) is 5.13 Å². The number of amides is 1. The van der Waals surface area contributed by atoms with Crippen LogP contribution in [0.2, 0.25) is 4.34 Å². The minimum atomic E-state index is -0.101. The van der Waals surface area contributed by atoms with Crippen LogP contribution in [0.3, 0.4) is 0 Å². The van der Waals surface area contributed by atoms with Gasteiger partial charge in [0.1, 0.15) is 0 Å². The molecule has 134 valence electrons. The topological polar surface area (TPSA) is 71.0 Å². The molecule has 0 bridgehead atoms. The number of rotatable bonds is 4. The zero-order valence-electron chi connectivity index (χ0n) is 13.8. The minimum absolute atomic E-state index is 0.00394. The molecule has 6 nitrogen and oxygen atoms in total. The highest BCUT2D eigenvalue weighted by Gasteiger charge is 2.27. The van der Waals surface area contributed by atoms with E-state index in [1.807, 2.05) is 17.5 Å². The van der Waals surface area contributed by atoms with Crippen molar-refractivity contribution in [2.45, 2.75) is 12.8 Å². The second-order valence-electron chi connectivity index (χ2n) is 5.96. The fraction of sp³-hybridized carbons (Fsp3) is 0.294. The second-order valence-corrected chi connectivity index (χ2v) is 8.54. The number of nitrogens with zero attached hydrogens (tertiary/aromatic N) is 4. The van der Waals surface area contributed by atoms with Gasteiger partial charge in [-0.25, -0.2) is 15.0 Å². The molecule has 0 aromatic carbocycles. The Morgan fingerprint density at radius 1 is 1.31 bits per heavy atom. The first-order chi connectivity index (χ1) is 12.7. The molecule has 0 saturated carbocycles. The number of carbonyl (C=O) groups excluding carboxylic acids is 1. The lowest BCUT2D eigenvalue weighted by Crippen LogP contribution is -2.41. The van der Waals surface area contributed by atoms with E-state index in [0.29, 0.717) is 17.6 Å². The lowest BCUT2D eigenvalue weighted by atomic mass is 9.97. The highest BCUT2D eigenvalue weighted by molar-refractivity contribution is 7.20. The first-order valence-corrected chi connectivity index (χ1v) is 10.3. The molecule has 1 aliphatic rings. The van der Waals surface area contributed by atoms with Gasteiger partial charge in [0.05, 0.1) is 20.8 Å². The summed E-state index contributed by atoms with van der Waals surface area (Å²) in [7, 11) is 0. The summed E-state index contributed by atoms with van der Waals surface area (Å²) in [5.41, 5.74) is 0.838. The monoisotopic (exact) mass is 405 g/mol. The van der Waals surface area contributed by atoms with Crippen molar-refractivity contribution < 1.29 is 4.79 Å². The summed E-state index contributed by atoms with van der Waals surface area (Å²) < 4.78 is 0.726. The Labute approximate surface area is 163 Å². The Kier molecular flexibility index (Phi) is 5.14. The Morgan fingerprint density at radius 2 is 2.15 bits per heavy atom. The Hall–Kier alpha value is -2.03. The Bertz CT molecular complexity index is 897. The summed E-state index contributed by atoms with van der Waals surface area (Å²) in [6, 6.07) is 5.58. The van der Waals surface area contributed by atoms with Crippen molar-refractivity contribution in [3.05, 3.63) is 40.3 Å². The number of aromatic nitrogens is 3. The molecule has 0 aliphatic carbocycles. The maximum absolute atomic E-state index is 12.7. The molecule has 3 aromatic heterocycles. The third kappa shape index (κ3) is 3.87. The van der Waals surface area contributed by atoms with Gasteiger partial charge in [-0.1, -0.05) is 11.6 Å². The average Bonchev–Trinajstić information content (AvgIpc) is 3.31. The summed E-state index contributed by atoms with van der Waals surface area (Å²) >= 11 is 8.88. The largest absolute Gasteiger partial charge is 0.340 e. The number of hydrogen-bond donors (Lipinski definition) is 1. The van der Waals surface area contributed by atoms with Crippen molar-refractivity contribution in [1.82, 2.24) is 15.0 Å². The summed E-state index contributed by atoms with van der Waals surface area (Å²) in [6.07, 6.45) is 5.24. The molecular weight excluding hydrogens is 390 g/mol. The smallest absolute Gasteiger partial charge is 0.231 e. The van der Waals surface area contributed by atoms with Crippen LogP contribution in [0.1, 0.15) is 12.8 Å². The lowest BCUT2D eigenvalue weighted by molar-refractivity contribution is -0.120. The van der Waals surface area contributed by atoms with E-state index in [0.717, 1.165) is 34.3 Å². The van der Waals surface area contributed by atoms with Gasteiger partial charge in [0.2, 0.25) is 11.9 Å². The molecule has 4 heterocycles. The molecule has 1 N–H and O–H groups in total. The first-order valence-electron chi connectivity index (χ1n) is 8.23. The third-order valence-corrected chi connectivity index (χ3v) is 6.20. The van der Waals surface area contributed by atoms with Crippen LogP contribution < -0.4 is 10.2 Å². The number of carbonyl (C=O) groups is 1. The molecule has 1 atom stereocenters. The van der Waals surface area contributed by atoms with E-state index in [1.165, 1.54) is 22.7 Å². The number of thiophene rings is 1. The van der Waals surface area contributed by atoms with Crippen LogP contribution in [-0.4, -0.2) is 33.9 Å². The second kappa shape index (κ2) is 7.69. The molecule has 1 fully saturated rings. The third-order valence-electron chi connectivity index (χ3n) is 4.19. The molecule has 0 radical (unpaired) electrons. The van der Waals surface area contributed by atoms with Crippen molar-refractivity contribution >= 4 is 51.3 Å². The molecule has 1 saturated heterocycles. The zero-order valence-corrected chi connectivity index (χ0v) is 16.2. The molecule has 0 spiro atoms. The molecular formula is C17H16ClN5OS2. The van der Waals surface area contributed by atoms with Gasteiger partial charge in [-0.2, -0.15) is 0 Å². The molecule has 26 heavy (non-hydrogen) atoms. The van der Waals surface area contributed by atoms with Gasteiger partial charge in [0.25, 0.3) is 0 Å². The molecule has 1 aliphatic heterocycles. The van der Waals surface area contributed by atoms with Gasteiger partial charge in [-0.3, -0.25) is 4.79 Å². The van der Waals surface area contributed by atoms with Gasteiger partial charge in [0, 0.05) is 30.9 Å². The van der Waals surface area contributed by atoms with E-state index >= 15 is 0 Å². The molecule has 3 aromatic rings. The van der Waals surface area contributed by atoms with E-state index in [4.69, 9.17) is 11.6 Å². The highest BCUT2D eigenvalue weighted by Crippen LogP contribution is 2.33. The number of piperidine rings is 1. The van der Waals surface area contributed by atoms with Crippen LogP contribution >= 0.6 is 34.3 Å². The van der Waals surface area contributed by atoms with Crippen LogP contribution in [0.5, 0.6) is 0 Å². The minimum Gasteiger partial charge on any atom is -0.340 e. The van der Waals surface area contributed by atoms with Crippen molar-refractivity contribution in [1.29, 1.82) is 0 Å². The van der Waals surface area contributed by atoms with Crippen LogP contribution in [0.25, 0.3) is 10.6 Å². The van der Waals surface area contributed by atoms with Gasteiger partial charge in [-0.05, 0) is 31.0 Å². The van der Waals surface area contributed by atoms with E-state index in [1.54, 1.807) is 18.5 Å². The summed E-state index contributed by atoms with van der Waals surface area (Å²) in [6.45, 7) is 1.49. The summed E-state index contributed by atoms with van der Waals surface area (Å²) in [5, 5.41) is 5.50. The lowest BCUT2D eigenvalue weighted by Gasteiger charge is -2.31. The van der Waals surface area contributed by atoms with Crippen LogP contribution in [0.4, 0.5) is 11.1 Å².